The first kappa shape index (κ1) is 38.5. The third-order valence-corrected chi connectivity index (χ3v) is 12.0. The third-order valence-electron chi connectivity index (χ3n) is 10.5. The van der Waals surface area contributed by atoms with E-state index in [1.807, 2.05) is 84.9 Å². The first-order valence-electron chi connectivity index (χ1n) is 19.0. The fourth-order valence-electron chi connectivity index (χ4n) is 7.77. The highest BCUT2D eigenvalue weighted by Gasteiger charge is 2.26. The molecule has 0 aliphatic heterocycles. The van der Waals surface area contributed by atoms with E-state index in [1.165, 1.54) is 19.3 Å². The van der Waals surface area contributed by atoms with Gasteiger partial charge in [-0.2, -0.15) is 27.0 Å². The van der Waals surface area contributed by atoms with Crippen molar-refractivity contribution >= 4 is 42.2 Å². The highest BCUT2D eigenvalue weighted by atomic mass is 32.2. The van der Waals surface area contributed by atoms with E-state index in [0.29, 0.717) is 35.7 Å². The topological polar surface area (TPSA) is 174 Å². The minimum Gasteiger partial charge on any atom is -0.489 e. The van der Waals surface area contributed by atoms with Crippen LogP contribution in [-0.2, 0) is 33.6 Å². The Kier molecular flexibility index (Phi) is 11.9. The summed E-state index contributed by atoms with van der Waals surface area (Å²) in [5.74, 6) is 1.73. The molecule has 0 bridgehead atoms. The summed E-state index contributed by atoms with van der Waals surface area (Å²) in [5.41, 5.74) is 4.70. The standard InChI is InChI=1S/C21H25N3O3S.C20H23N3O3S/c22-28(25,26)24-20-14-18(27-15-16-8-4-3-5-9-16)12-13-19(20)21(23-24)17-10-6-1-2-7-11-17;21-27(24,25)23-19-13-17(26-14-15-7-3-1-4-8-15)11-12-18(19)20(22-23)16-9-5-2-6-10-16/h3-5,8-9,12-14,17H,1-2,6-7,10-11,15H2,(H2,22,25,26);1,3-4,7-8,11-13,16H,2,5-6,9-10,14H2,(H2,21,24,25). The van der Waals surface area contributed by atoms with Gasteiger partial charge >= 0.3 is 20.4 Å². The summed E-state index contributed by atoms with van der Waals surface area (Å²) in [7, 11) is -7.97. The number of hydrogen-bond donors (Lipinski definition) is 2. The number of rotatable bonds is 10. The Labute approximate surface area is 322 Å². The lowest BCUT2D eigenvalue weighted by atomic mass is 9.86. The molecule has 0 saturated heterocycles. The second kappa shape index (κ2) is 16.9. The fraction of sp³-hybridized carbons (Fsp3) is 0.366. The van der Waals surface area contributed by atoms with Crippen LogP contribution in [0, 0.1) is 0 Å². The molecule has 4 aromatic carbocycles. The van der Waals surface area contributed by atoms with Gasteiger partial charge in [0.2, 0.25) is 0 Å². The second-order valence-electron chi connectivity index (χ2n) is 14.5. The lowest BCUT2D eigenvalue weighted by molar-refractivity contribution is 0.306. The summed E-state index contributed by atoms with van der Waals surface area (Å²) in [6.45, 7) is 0.816. The Morgan fingerprint density at radius 2 is 0.891 bits per heavy atom. The Hall–Kier alpha value is -4.76. The number of ether oxygens (including phenoxy) is 2. The number of nitrogens with two attached hydrogens (primary N) is 2. The van der Waals surface area contributed by atoms with E-state index in [2.05, 4.69) is 10.2 Å². The van der Waals surface area contributed by atoms with Crippen molar-refractivity contribution in [3.05, 3.63) is 120 Å². The largest absolute Gasteiger partial charge is 0.489 e. The van der Waals surface area contributed by atoms with Gasteiger partial charge in [-0.3, -0.25) is 0 Å². The maximum atomic E-state index is 12.1. The molecule has 2 aliphatic carbocycles. The van der Waals surface area contributed by atoms with Gasteiger partial charge in [0.25, 0.3) is 0 Å². The van der Waals surface area contributed by atoms with E-state index in [4.69, 9.17) is 19.8 Å². The fourth-order valence-corrected chi connectivity index (χ4v) is 9.02. The van der Waals surface area contributed by atoms with E-state index in [9.17, 15) is 16.8 Å². The molecule has 0 amide bonds. The van der Waals surface area contributed by atoms with Crippen LogP contribution in [-0.4, -0.2) is 35.2 Å². The van der Waals surface area contributed by atoms with Crippen LogP contribution in [0.3, 0.4) is 0 Å². The molecule has 0 atom stereocenters. The summed E-state index contributed by atoms with van der Waals surface area (Å²) >= 11 is 0. The Balaban J connectivity index is 0.000000169. The SMILES string of the molecule is NS(=O)(=O)n1nc(C2CCCCC2)c2ccc(OCc3ccccc3)cc21.NS(=O)(=O)n1nc(C2CCCCCC2)c2ccc(OCc3ccccc3)cc21. The molecule has 2 heterocycles. The van der Waals surface area contributed by atoms with Crippen LogP contribution >= 0.6 is 0 Å². The quantitative estimate of drug-likeness (QED) is 0.132. The van der Waals surface area contributed by atoms with Crippen LogP contribution in [0.2, 0.25) is 0 Å². The van der Waals surface area contributed by atoms with Gasteiger partial charge in [0.05, 0.1) is 22.4 Å². The Morgan fingerprint density at radius 1 is 0.527 bits per heavy atom. The van der Waals surface area contributed by atoms with Gasteiger partial charge in [-0.1, -0.05) is 106 Å². The van der Waals surface area contributed by atoms with Crippen LogP contribution < -0.4 is 19.8 Å². The zero-order chi connectivity index (χ0) is 38.4. The lowest BCUT2D eigenvalue weighted by Crippen LogP contribution is -2.23. The second-order valence-corrected chi connectivity index (χ2v) is 17.2. The molecule has 8 rings (SSSR count). The van der Waals surface area contributed by atoms with Gasteiger partial charge in [0.1, 0.15) is 24.7 Å². The summed E-state index contributed by atoms with van der Waals surface area (Å²) in [4.78, 5) is 0. The molecular formula is C41H48N6O6S2. The molecule has 55 heavy (non-hydrogen) atoms. The van der Waals surface area contributed by atoms with Crippen LogP contribution in [0.25, 0.3) is 21.8 Å². The molecule has 290 valence electrons. The first-order valence-corrected chi connectivity index (χ1v) is 22.0. The van der Waals surface area contributed by atoms with Crippen molar-refractivity contribution in [2.24, 2.45) is 10.3 Å². The van der Waals surface area contributed by atoms with Gasteiger partial charge in [0, 0.05) is 34.7 Å². The predicted octanol–water partition coefficient (Wildman–Crippen LogP) is 7.82. The highest BCUT2D eigenvalue weighted by Crippen LogP contribution is 2.38. The summed E-state index contributed by atoms with van der Waals surface area (Å²) < 4.78 is 62.0. The summed E-state index contributed by atoms with van der Waals surface area (Å²) in [5, 5.41) is 21.4. The zero-order valence-corrected chi connectivity index (χ0v) is 32.4. The number of fused-ring (bicyclic) bond motifs is 2. The van der Waals surface area contributed by atoms with Crippen molar-refractivity contribution in [2.75, 3.05) is 0 Å². The van der Waals surface area contributed by atoms with Gasteiger partial charge in [-0.15, -0.1) is 8.17 Å². The highest BCUT2D eigenvalue weighted by molar-refractivity contribution is 7.87. The summed E-state index contributed by atoms with van der Waals surface area (Å²) in [6.07, 6.45) is 12.4. The van der Waals surface area contributed by atoms with Crippen molar-refractivity contribution in [3.8, 4) is 11.5 Å². The molecule has 6 aromatic rings. The number of aromatic nitrogens is 4. The van der Waals surface area contributed by atoms with Crippen molar-refractivity contribution in [2.45, 2.75) is 95.7 Å². The van der Waals surface area contributed by atoms with Gasteiger partial charge in [-0.25, -0.2) is 10.3 Å². The molecule has 14 heteroatoms. The van der Waals surface area contributed by atoms with Crippen LogP contribution in [0.5, 0.6) is 11.5 Å². The average Bonchev–Trinajstić information content (AvgIpc) is 3.66. The molecule has 12 nitrogen and oxygen atoms in total. The molecule has 2 fully saturated rings. The monoisotopic (exact) mass is 784 g/mol. The maximum Gasteiger partial charge on any atom is 0.318 e. The van der Waals surface area contributed by atoms with Crippen LogP contribution in [0.4, 0.5) is 0 Å². The first-order chi connectivity index (χ1) is 26.5. The number of benzene rings is 4. The smallest absolute Gasteiger partial charge is 0.318 e. The predicted molar refractivity (Wildman–Crippen MR) is 214 cm³/mol. The minimum atomic E-state index is -3.99. The molecule has 0 radical (unpaired) electrons. The lowest BCUT2D eigenvalue weighted by Gasteiger charge is -2.19. The van der Waals surface area contributed by atoms with Crippen molar-refractivity contribution < 1.29 is 26.3 Å². The Bertz CT molecular complexity index is 2440. The molecule has 2 aliphatic rings. The van der Waals surface area contributed by atoms with Crippen LogP contribution in [0.1, 0.15) is 105 Å². The van der Waals surface area contributed by atoms with Crippen molar-refractivity contribution in [1.82, 2.24) is 18.4 Å². The molecular weight excluding hydrogens is 737 g/mol. The molecule has 0 unspecified atom stereocenters. The van der Waals surface area contributed by atoms with E-state index in [1.54, 1.807) is 12.1 Å². The van der Waals surface area contributed by atoms with E-state index >= 15 is 0 Å². The minimum absolute atomic E-state index is 0.268. The van der Waals surface area contributed by atoms with E-state index in [-0.39, 0.29) is 11.8 Å². The zero-order valence-electron chi connectivity index (χ0n) is 30.8. The molecule has 2 saturated carbocycles. The van der Waals surface area contributed by atoms with Crippen molar-refractivity contribution in [1.29, 1.82) is 0 Å². The average molecular weight is 785 g/mol. The van der Waals surface area contributed by atoms with E-state index < -0.39 is 20.4 Å². The van der Waals surface area contributed by atoms with E-state index in [0.717, 1.165) is 92.8 Å². The van der Waals surface area contributed by atoms with Crippen LogP contribution in [0.15, 0.2) is 97.1 Å². The third kappa shape index (κ3) is 9.38. The van der Waals surface area contributed by atoms with Gasteiger partial charge in [-0.05, 0) is 61.1 Å². The Morgan fingerprint density at radius 3 is 1.25 bits per heavy atom. The molecule has 2 aromatic heterocycles. The van der Waals surface area contributed by atoms with Gasteiger partial charge in [0.15, 0.2) is 0 Å². The van der Waals surface area contributed by atoms with Gasteiger partial charge < -0.3 is 9.47 Å². The molecule has 0 spiro atoms. The maximum absolute atomic E-state index is 12.1. The number of hydrogen-bond acceptors (Lipinski definition) is 8. The van der Waals surface area contributed by atoms with Crippen molar-refractivity contribution in [3.63, 3.8) is 0 Å². The molecule has 4 N–H and O–H groups in total. The normalized spacial score (nSPS) is 16.0. The number of nitrogens with zero attached hydrogens (tertiary/aromatic N) is 4. The summed E-state index contributed by atoms with van der Waals surface area (Å²) in [6, 6.07) is 30.6.